The van der Waals surface area contributed by atoms with Gasteiger partial charge >= 0.3 is 13.3 Å². The summed E-state index contributed by atoms with van der Waals surface area (Å²) in [6.45, 7) is 6.97. The second kappa shape index (κ2) is 6.37. The van der Waals surface area contributed by atoms with Gasteiger partial charge in [-0.25, -0.2) is 4.39 Å². The summed E-state index contributed by atoms with van der Waals surface area (Å²) >= 11 is 0. The topological polar surface area (TPSA) is 44.5 Å². The number of alkyl halides is 3. The standard InChI is InChI=1S/C17H22BF4NO3/c1-15(2)16(3,4)26-18(25-15)14(19)8-7-11(17(20,21)22)12-9-13(24-23-12)10-5-6-10/h8-11H,5-7H2,1-4H3. The van der Waals surface area contributed by atoms with E-state index in [0.29, 0.717) is 5.76 Å². The fraction of sp³-hybridized carbons (Fsp3) is 0.706. The molecule has 0 N–H and O–H groups in total. The average molecular weight is 375 g/mol. The van der Waals surface area contributed by atoms with Gasteiger partial charge in [-0.15, -0.1) is 0 Å². The van der Waals surface area contributed by atoms with Gasteiger partial charge in [0.25, 0.3) is 0 Å². The average Bonchev–Trinajstić information content (AvgIpc) is 3.18. The molecule has 1 aliphatic carbocycles. The second-order valence-corrected chi connectivity index (χ2v) is 7.94. The van der Waals surface area contributed by atoms with Crippen LogP contribution in [0.2, 0.25) is 0 Å². The fourth-order valence-corrected chi connectivity index (χ4v) is 2.73. The molecule has 1 aliphatic heterocycles. The van der Waals surface area contributed by atoms with Gasteiger partial charge in [0.05, 0.1) is 16.9 Å². The lowest BCUT2D eigenvalue weighted by atomic mass is 9.86. The van der Waals surface area contributed by atoms with E-state index in [1.54, 1.807) is 27.7 Å². The van der Waals surface area contributed by atoms with Crippen molar-refractivity contribution < 1.29 is 31.4 Å². The van der Waals surface area contributed by atoms with E-state index in [0.717, 1.165) is 18.9 Å². The van der Waals surface area contributed by atoms with Crippen molar-refractivity contribution in [1.29, 1.82) is 0 Å². The number of nitrogens with zero attached hydrogens (tertiary/aromatic N) is 1. The van der Waals surface area contributed by atoms with Crippen molar-refractivity contribution in [1.82, 2.24) is 5.16 Å². The Morgan fingerprint density at radius 3 is 2.35 bits per heavy atom. The van der Waals surface area contributed by atoms with Crippen LogP contribution in [0.4, 0.5) is 17.6 Å². The van der Waals surface area contributed by atoms with Crippen LogP contribution in [-0.4, -0.2) is 29.7 Å². The summed E-state index contributed by atoms with van der Waals surface area (Å²) in [5.74, 6) is -1.32. The van der Waals surface area contributed by atoms with E-state index in [2.05, 4.69) is 5.16 Å². The molecule has 1 aromatic heterocycles. The molecule has 0 aromatic carbocycles. The molecule has 3 rings (SSSR count). The number of aromatic nitrogens is 1. The number of hydrogen-bond donors (Lipinski definition) is 0. The molecular formula is C17H22BF4NO3. The molecule has 144 valence electrons. The van der Waals surface area contributed by atoms with E-state index in [1.165, 1.54) is 6.07 Å². The Morgan fingerprint density at radius 2 is 1.85 bits per heavy atom. The molecule has 1 saturated carbocycles. The molecule has 2 aliphatic rings. The van der Waals surface area contributed by atoms with E-state index in [4.69, 9.17) is 13.8 Å². The first kappa shape index (κ1) is 19.4. The summed E-state index contributed by atoms with van der Waals surface area (Å²) in [6.07, 6.45) is -2.52. The molecule has 1 saturated heterocycles. The molecule has 2 heterocycles. The Morgan fingerprint density at radius 1 is 1.27 bits per heavy atom. The van der Waals surface area contributed by atoms with Gasteiger partial charge in [-0.05, 0) is 47.0 Å². The summed E-state index contributed by atoms with van der Waals surface area (Å²) < 4.78 is 70.7. The maximum Gasteiger partial charge on any atom is 0.524 e. The highest BCUT2D eigenvalue weighted by Gasteiger charge is 2.53. The van der Waals surface area contributed by atoms with E-state index >= 15 is 0 Å². The summed E-state index contributed by atoms with van der Waals surface area (Å²) in [6, 6.07) is 1.33. The summed E-state index contributed by atoms with van der Waals surface area (Å²) in [5.41, 5.74) is -2.63. The van der Waals surface area contributed by atoms with Gasteiger partial charge in [-0.3, -0.25) is 0 Å². The number of halogens is 4. The van der Waals surface area contributed by atoms with E-state index in [1.807, 2.05) is 0 Å². The van der Waals surface area contributed by atoms with Crippen molar-refractivity contribution in [3.05, 3.63) is 29.3 Å². The molecule has 0 amide bonds. The van der Waals surface area contributed by atoms with Crippen LogP contribution in [0.1, 0.15) is 70.2 Å². The Kier molecular flexibility index (Phi) is 4.76. The lowest BCUT2D eigenvalue weighted by Crippen LogP contribution is -2.41. The SMILES string of the molecule is CC1(C)OB(C(F)=CCC(c2cc(C3CC3)on2)C(F)(F)F)OC1(C)C. The molecule has 2 fully saturated rings. The zero-order valence-electron chi connectivity index (χ0n) is 15.2. The Hall–Kier alpha value is -1.35. The van der Waals surface area contributed by atoms with E-state index < -0.39 is 42.6 Å². The Balaban J connectivity index is 1.74. The quantitative estimate of drug-likeness (QED) is 0.532. The molecule has 1 unspecified atom stereocenters. The smallest absolute Gasteiger partial charge is 0.398 e. The molecule has 9 heteroatoms. The maximum absolute atomic E-state index is 14.4. The van der Waals surface area contributed by atoms with Crippen LogP contribution >= 0.6 is 0 Å². The first-order valence-electron chi connectivity index (χ1n) is 8.65. The number of allylic oxidation sites excluding steroid dienone is 1. The van der Waals surface area contributed by atoms with Crippen molar-refractivity contribution in [2.75, 3.05) is 0 Å². The Labute approximate surface area is 150 Å². The van der Waals surface area contributed by atoms with Crippen molar-refractivity contribution in [2.45, 2.75) is 76.2 Å². The first-order valence-corrected chi connectivity index (χ1v) is 8.65. The van der Waals surface area contributed by atoms with Crippen molar-refractivity contribution in [2.24, 2.45) is 0 Å². The summed E-state index contributed by atoms with van der Waals surface area (Å²) in [5, 5.41) is 3.56. The Bertz CT molecular complexity index is 678. The van der Waals surface area contributed by atoms with E-state index in [9.17, 15) is 17.6 Å². The third kappa shape index (κ3) is 3.83. The normalized spacial score (nSPS) is 24.2. The van der Waals surface area contributed by atoms with E-state index in [-0.39, 0.29) is 11.6 Å². The van der Waals surface area contributed by atoms with Gasteiger partial charge in [0.2, 0.25) is 0 Å². The third-order valence-corrected chi connectivity index (χ3v) is 5.31. The van der Waals surface area contributed by atoms with Crippen LogP contribution in [0.3, 0.4) is 0 Å². The van der Waals surface area contributed by atoms with Gasteiger partial charge < -0.3 is 13.8 Å². The molecule has 1 aromatic rings. The van der Waals surface area contributed by atoms with Gasteiger partial charge in [-0.2, -0.15) is 13.2 Å². The largest absolute Gasteiger partial charge is 0.524 e. The predicted molar refractivity (Wildman–Crippen MR) is 87.2 cm³/mol. The molecule has 1 atom stereocenters. The molecule has 0 spiro atoms. The predicted octanol–water partition coefficient (Wildman–Crippen LogP) is 5.07. The van der Waals surface area contributed by atoms with Crippen LogP contribution < -0.4 is 0 Å². The number of hydrogen-bond acceptors (Lipinski definition) is 4. The van der Waals surface area contributed by atoms with Crippen molar-refractivity contribution >= 4 is 7.12 Å². The highest BCUT2D eigenvalue weighted by atomic mass is 19.4. The third-order valence-electron chi connectivity index (χ3n) is 5.31. The minimum atomic E-state index is -4.57. The van der Waals surface area contributed by atoms with Gasteiger partial charge in [0.1, 0.15) is 17.4 Å². The van der Waals surface area contributed by atoms with Crippen molar-refractivity contribution in [3.8, 4) is 0 Å². The maximum atomic E-state index is 14.4. The highest BCUT2D eigenvalue weighted by Crippen LogP contribution is 2.44. The molecule has 26 heavy (non-hydrogen) atoms. The lowest BCUT2D eigenvalue weighted by molar-refractivity contribution is -0.150. The van der Waals surface area contributed by atoms with Crippen LogP contribution in [0.15, 0.2) is 22.4 Å². The molecule has 4 nitrogen and oxygen atoms in total. The fourth-order valence-electron chi connectivity index (χ4n) is 2.73. The minimum absolute atomic E-state index is 0.155. The highest BCUT2D eigenvalue weighted by molar-refractivity contribution is 6.53. The lowest BCUT2D eigenvalue weighted by Gasteiger charge is -2.32. The molecule has 0 bridgehead atoms. The monoisotopic (exact) mass is 375 g/mol. The zero-order chi connectivity index (χ0) is 19.3. The van der Waals surface area contributed by atoms with Gasteiger partial charge in [0.15, 0.2) is 0 Å². The van der Waals surface area contributed by atoms with Crippen LogP contribution in [0.5, 0.6) is 0 Å². The van der Waals surface area contributed by atoms with Crippen LogP contribution in [0.25, 0.3) is 0 Å². The number of rotatable bonds is 5. The molecular weight excluding hydrogens is 353 g/mol. The first-order chi connectivity index (χ1) is 11.9. The van der Waals surface area contributed by atoms with Gasteiger partial charge in [0, 0.05) is 12.0 Å². The zero-order valence-corrected chi connectivity index (χ0v) is 15.2. The van der Waals surface area contributed by atoms with Gasteiger partial charge in [-0.1, -0.05) is 11.2 Å². The van der Waals surface area contributed by atoms with Crippen molar-refractivity contribution in [3.63, 3.8) is 0 Å². The second-order valence-electron chi connectivity index (χ2n) is 7.94. The summed E-state index contributed by atoms with van der Waals surface area (Å²) in [7, 11) is -1.31. The van der Waals surface area contributed by atoms with Crippen LogP contribution in [-0.2, 0) is 9.31 Å². The minimum Gasteiger partial charge on any atom is -0.398 e. The molecule has 0 radical (unpaired) electrons. The summed E-state index contributed by atoms with van der Waals surface area (Å²) in [4.78, 5) is 0. The van der Waals surface area contributed by atoms with Crippen LogP contribution in [0, 0.1) is 0 Å².